The van der Waals surface area contributed by atoms with Crippen LogP contribution in [0.3, 0.4) is 0 Å². The second-order valence-corrected chi connectivity index (χ2v) is 7.96. The Labute approximate surface area is 193 Å². The van der Waals surface area contributed by atoms with Crippen LogP contribution in [0.15, 0.2) is 41.7 Å². The number of hydrogen-bond donors (Lipinski definition) is 1. The fourth-order valence-electron chi connectivity index (χ4n) is 3.79. The standard InChI is InChI=1S/C21H21FN8O4/c1-29-27-19(26-28-29)17-5-2-12(9-23-17)15-4-3-13(8-16(15)22)30-11-14(33-21(30)31)10-24-20-18(34-20)6-7-25-32/h2-5,8-9,14,18,20,24H,6-7,10-11H2,1H3/t14-,18?,20?/m0/s1. The Morgan fingerprint density at radius 3 is 2.88 bits per heavy atom. The van der Waals surface area contributed by atoms with Gasteiger partial charge in [0.1, 0.15) is 29.9 Å². The van der Waals surface area contributed by atoms with Crippen LogP contribution in [-0.2, 0) is 16.5 Å². The molecule has 2 saturated heterocycles. The van der Waals surface area contributed by atoms with Crippen molar-refractivity contribution < 1.29 is 18.7 Å². The van der Waals surface area contributed by atoms with Crippen molar-refractivity contribution >= 4 is 11.8 Å². The van der Waals surface area contributed by atoms with Gasteiger partial charge in [-0.05, 0) is 29.5 Å². The molecule has 2 unspecified atom stereocenters. The second kappa shape index (κ2) is 9.19. The highest BCUT2D eigenvalue weighted by Crippen LogP contribution is 2.30. The van der Waals surface area contributed by atoms with Gasteiger partial charge in [0.15, 0.2) is 0 Å². The minimum atomic E-state index is -0.542. The van der Waals surface area contributed by atoms with E-state index in [1.54, 1.807) is 31.3 Å². The van der Waals surface area contributed by atoms with Gasteiger partial charge in [-0.1, -0.05) is 11.2 Å². The maximum atomic E-state index is 14.9. The number of aromatic nitrogens is 5. The molecule has 2 aromatic heterocycles. The Balaban J connectivity index is 1.21. The molecule has 1 N–H and O–H groups in total. The molecule has 0 saturated carbocycles. The normalized spacial score (nSPS) is 21.5. The third-order valence-electron chi connectivity index (χ3n) is 5.58. The predicted octanol–water partition coefficient (Wildman–Crippen LogP) is 1.87. The molecule has 13 heteroatoms. The largest absolute Gasteiger partial charge is 0.443 e. The average molecular weight is 468 g/mol. The lowest BCUT2D eigenvalue weighted by Gasteiger charge is -2.14. The van der Waals surface area contributed by atoms with Crippen LogP contribution in [0.2, 0.25) is 0 Å². The number of aryl methyl sites for hydroxylation is 1. The number of amides is 1. The molecular weight excluding hydrogens is 447 g/mol. The number of tetrazole rings is 1. The molecule has 176 valence electrons. The first kappa shape index (κ1) is 22.0. The van der Waals surface area contributed by atoms with E-state index in [9.17, 15) is 14.1 Å². The first-order valence-electron chi connectivity index (χ1n) is 10.7. The Morgan fingerprint density at radius 1 is 1.29 bits per heavy atom. The molecule has 3 aromatic rings. The van der Waals surface area contributed by atoms with Crippen molar-refractivity contribution in [1.29, 1.82) is 0 Å². The summed E-state index contributed by atoms with van der Waals surface area (Å²) in [6, 6.07) is 7.99. The lowest BCUT2D eigenvalue weighted by molar-refractivity contribution is 0.137. The van der Waals surface area contributed by atoms with Crippen LogP contribution >= 0.6 is 0 Å². The number of rotatable bonds is 9. The van der Waals surface area contributed by atoms with Crippen molar-refractivity contribution in [2.75, 3.05) is 24.5 Å². The molecule has 0 spiro atoms. The average Bonchev–Trinajstić information content (AvgIpc) is 3.27. The highest BCUT2D eigenvalue weighted by molar-refractivity contribution is 5.90. The third kappa shape index (κ3) is 4.61. The molecule has 3 atom stereocenters. The number of hydrogen-bond acceptors (Lipinski definition) is 10. The number of cyclic esters (lactones) is 1. The Morgan fingerprint density at radius 2 is 2.18 bits per heavy atom. The minimum absolute atomic E-state index is 0.0482. The number of carbonyl (C=O) groups is 1. The minimum Gasteiger partial charge on any atom is -0.443 e. The van der Waals surface area contributed by atoms with Crippen LogP contribution in [-0.4, -0.2) is 69.4 Å². The van der Waals surface area contributed by atoms with Crippen LogP contribution < -0.4 is 10.2 Å². The highest BCUT2D eigenvalue weighted by Gasteiger charge is 2.40. The van der Waals surface area contributed by atoms with Gasteiger partial charge >= 0.3 is 6.09 Å². The van der Waals surface area contributed by atoms with Gasteiger partial charge in [-0.3, -0.25) is 15.2 Å². The quantitative estimate of drug-likeness (QED) is 0.368. The van der Waals surface area contributed by atoms with E-state index < -0.39 is 18.0 Å². The summed E-state index contributed by atoms with van der Waals surface area (Å²) in [5, 5.41) is 17.7. The summed E-state index contributed by atoms with van der Waals surface area (Å²) in [5.74, 6) is -0.111. The van der Waals surface area contributed by atoms with Gasteiger partial charge in [0.25, 0.3) is 0 Å². The zero-order valence-corrected chi connectivity index (χ0v) is 18.2. The smallest absolute Gasteiger partial charge is 0.414 e. The molecule has 4 heterocycles. The van der Waals surface area contributed by atoms with Crippen molar-refractivity contribution in [3.8, 4) is 22.6 Å². The van der Waals surface area contributed by atoms with Crippen LogP contribution in [0.5, 0.6) is 0 Å². The molecule has 2 aliphatic rings. The maximum absolute atomic E-state index is 14.9. The molecule has 5 rings (SSSR count). The predicted molar refractivity (Wildman–Crippen MR) is 117 cm³/mol. The monoisotopic (exact) mass is 468 g/mol. The third-order valence-corrected chi connectivity index (χ3v) is 5.58. The topological polar surface area (TPSA) is 140 Å². The summed E-state index contributed by atoms with van der Waals surface area (Å²) in [6.45, 7) is 0.867. The number of nitrogens with zero attached hydrogens (tertiary/aromatic N) is 7. The van der Waals surface area contributed by atoms with Crippen molar-refractivity contribution in [1.82, 2.24) is 30.5 Å². The summed E-state index contributed by atoms with van der Waals surface area (Å²) in [7, 11) is 1.66. The summed E-state index contributed by atoms with van der Waals surface area (Å²) < 4.78 is 25.7. The zero-order chi connectivity index (χ0) is 23.7. The molecule has 0 aliphatic carbocycles. The highest BCUT2D eigenvalue weighted by atomic mass is 19.1. The molecule has 0 radical (unpaired) electrons. The van der Waals surface area contributed by atoms with Gasteiger partial charge < -0.3 is 9.47 Å². The number of nitroso groups, excluding NO2 is 1. The number of anilines is 1. The van der Waals surface area contributed by atoms with E-state index in [0.29, 0.717) is 41.3 Å². The molecule has 0 bridgehead atoms. The summed E-state index contributed by atoms with van der Waals surface area (Å²) in [4.78, 5) is 29.5. The molecule has 2 aliphatic heterocycles. The molecule has 2 fully saturated rings. The Bertz CT molecular complexity index is 1200. The fraction of sp³-hybridized carbons (Fsp3) is 0.381. The lowest BCUT2D eigenvalue weighted by Crippen LogP contribution is -2.33. The van der Waals surface area contributed by atoms with Gasteiger partial charge in [-0.2, -0.15) is 9.70 Å². The Hall–Kier alpha value is -3.84. The van der Waals surface area contributed by atoms with Gasteiger partial charge in [0, 0.05) is 30.3 Å². The lowest BCUT2D eigenvalue weighted by atomic mass is 10.1. The maximum Gasteiger partial charge on any atom is 0.414 e. The van der Waals surface area contributed by atoms with Crippen molar-refractivity contribution in [2.24, 2.45) is 12.2 Å². The van der Waals surface area contributed by atoms with Crippen LogP contribution in [0, 0.1) is 10.7 Å². The van der Waals surface area contributed by atoms with Gasteiger partial charge in [0.05, 0.1) is 25.8 Å². The van der Waals surface area contributed by atoms with Gasteiger partial charge in [-0.15, -0.1) is 10.2 Å². The molecular formula is C21H21FN8O4. The number of benzene rings is 1. The van der Waals surface area contributed by atoms with Crippen LogP contribution in [0.4, 0.5) is 14.9 Å². The summed E-state index contributed by atoms with van der Waals surface area (Å²) in [5.41, 5.74) is 1.85. The number of halogens is 1. The SMILES string of the molecule is Cn1nnc(-c2ccc(-c3ccc(N4C[C@H](CNC5OC5CCN=O)OC4=O)cc3F)cn2)n1. The first-order chi connectivity index (χ1) is 16.5. The summed E-state index contributed by atoms with van der Waals surface area (Å²) >= 11 is 0. The van der Waals surface area contributed by atoms with E-state index in [1.165, 1.54) is 22.0 Å². The number of nitrogens with one attached hydrogen (secondary N) is 1. The fourth-order valence-corrected chi connectivity index (χ4v) is 3.79. The van der Waals surface area contributed by atoms with E-state index in [1.807, 2.05) is 0 Å². The van der Waals surface area contributed by atoms with E-state index in [-0.39, 0.29) is 25.4 Å². The number of epoxide rings is 1. The molecule has 34 heavy (non-hydrogen) atoms. The number of ether oxygens (including phenoxy) is 2. The summed E-state index contributed by atoms with van der Waals surface area (Å²) in [6.07, 6.45) is 0.923. The molecule has 12 nitrogen and oxygen atoms in total. The number of carbonyl (C=O) groups excluding carboxylic acids is 1. The molecule has 1 amide bonds. The zero-order valence-electron chi connectivity index (χ0n) is 18.2. The van der Waals surface area contributed by atoms with Crippen molar-refractivity contribution in [3.63, 3.8) is 0 Å². The van der Waals surface area contributed by atoms with E-state index in [4.69, 9.17) is 9.47 Å². The van der Waals surface area contributed by atoms with Gasteiger partial charge in [-0.25, -0.2) is 9.18 Å². The van der Waals surface area contributed by atoms with Crippen molar-refractivity contribution in [2.45, 2.75) is 24.9 Å². The van der Waals surface area contributed by atoms with E-state index >= 15 is 0 Å². The van der Waals surface area contributed by atoms with E-state index in [0.717, 1.165) is 0 Å². The Kier molecular flexibility index (Phi) is 5.94. The second-order valence-electron chi connectivity index (χ2n) is 7.96. The van der Waals surface area contributed by atoms with Crippen LogP contribution in [0.25, 0.3) is 22.6 Å². The molecule has 1 aromatic carbocycles. The van der Waals surface area contributed by atoms with E-state index in [2.05, 4.69) is 30.9 Å². The van der Waals surface area contributed by atoms with Crippen molar-refractivity contribution in [3.05, 3.63) is 47.3 Å². The van der Waals surface area contributed by atoms with Crippen LogP contribution in [0.1, 0.15) is 6.42 Å². The number of pyridine rings is 1. The first-order valence-corrected chi connectivity index (χ1v) is 10.7. The van der Waals surface area contributed by atoms with Gasteiger partial charge in [0.2, 0.25) is 5.82 Å².